The van der Waals surface area contributed by atoms with Crippen LogP contribution in [0.2, 0.25) is 0 Å². The van der Waals surface area contributed by atoms with Crippen molar-refractivity contribution in [2.45, 2.75) is 0 Å². The second-order valence-electron chi connectivity index (χ2n) is 3.64. The molecule has 0 saturated carbocycles. The Morgan fingerprint density at radius 2 is 1.80 bits per heavy atom. The first-order valence-corrected chi connectivity index (χ1v) is 5.61. The number of rotatable bonds is 5. The summed E-state index contributed by atoms with van der Waals surface area (Å²) in [7, 11) is 2.85. The SMILES string of the molecule is COc1cc(Oc2ccccc2C(=O)O)nc(OC)n1. The number of hydrogen-bond acceptors (Lipinski definition) is 6. The molecular weight excluding hydrogens is 264 g/mol. The maximum atomic E-state index is 11.1. The molecule has 0 atom stereocenters. The number of nitrogens with zero attached hydrogens (tertiary/aromatic N) is 2. The monoisotopic (exact) mass is 276 g/mol. The molecule has 20 heavy (non-hydrogen) atoms. The van der Waals surface area contributed by atoms with Gasteiger partial charge in [-0.05, 0) is 12.1 Å². The fraction of sp³-hybridized carbons (Fsp3) is 0.154. The van der Waals surface area contributed by atoms with Crippen LogP contribution in [0.1, 0.15) is 10.4 Å². The van der Waals surface area contributed by atoms with Crippen LogP contribution in [-0.2, 0) is 0 Å². The second kappa shape index (κ2) is 5.87. The highest BCUT2D eigenvalue weighted by Gasteiger charge is 2.13. The number of methoxy groups -OCH3 is 2. The summed E-state index contributed by atoms with van der Waals surface area (Å²) < 4.78 is 15.4. The Morgan fingerprint density at radius 1 is 1.10 bits per heavy atom. The van der Waals surface area contributed by atoms with Crippen LogP contribution in [0.15, 0.2) is 30.3 Å². The lowest BCUT2D eigenvalue weighted by Crippen LogP contribution is -2.02. The number of hydrogen-bond donors (Lipinski definition) is 1. The van der Waals surface area contributed by atoms with Gasteiger partial charge in [-0.15, -0.1) is 0 Å². The number of carbonyl (C=O) groups is 1. The molecular formula is C13H12N2O5. The van der Waals surface area contributed by atoms with Gasteiger partial charge in [-0.2, -0.15) is 9.97 Å². The van der Waals surface area contributed by atoms with E-state index in [1.54, 1.807) is 12.1 Å². The summed E-state index contributed by atoms with van der Waals surface area (Å²) >= 11 is 0. The van der Waals surface area contributed by atoms with Gasteiger partial charge in [0.1, 0.15) is 11.3 Å². The standard InChI is InChI=1S/C13H12N2O5/c1-18-10-7-11(15-13(14-10)19-2)20-9-6-4-3-5-8(9)12(16)17/h3-7H,1-2H3,(H,16,17). The number of carboxylic acids is 1. The van der Waals surface area contributed by atoms with Gasteiger partial charge in [-0.25, -0.2) is 4.79 Å². The lowest BCUT2D eigenvalue weighted by molar-refractivity contribution is 0.0694. The molecule has 7 nitrogen and oxygen atoms in total. The van der Waals surface area contributed by atoms with Crippen molar-refractivity contribution >= 4 is 5.97 Å². The lowest BCUT2D eigenvalue weighted by atomic mass is 10.2. The van der Waals surface area contributed by atoms with Crippen molar-refractivity contribution in [3.63, 3.8) is 0 Å². The molecule has 1 aromatic heterocycles. The van der Waals surface area contributed by atoms with Crippen LogP contribution >= 0.6 is 0 Å². The van der Waals surface area contributed by atoms with Gasteiger partial charge in [0.05, 0.1) is 20.3 Å². The topological polar surface area (TPSA) is 90.8 Å². The van der Waals surface area contributed by atoms with Gasteiger partial charge in [-0.3, -0.25) is 0 Å². The number of carboxylic acid groups (broad SMARTS) is 1. The van der Waals surface area contributed by atoms with Gasteiger partial charge in [0.15, 0.2) is 0 Å². The zero-order valence-corrected chi connectivity index (χ0v) is 10.9. The predicted molar refractivity (Wildman–Crippen MR) is 68.6 cm³/mol. The molecule has 2 aromatic rings. The van der Waals surface area contributed by atoms with Gasteiger partial charge in [0, 0.05) is 0 Å². The van der Waals surface area contributed by atoms with Gasteiger partial charge in [0.2, 0.25) is 11.8 Å². The first-order valence-electron chi connectivity index (χ1n) is 5.61. The quantitative estimate of drug-likeness (QED) is 0.892. The van der Waals surface area contributed by atoms with Crippen LogP contribution in [0.25, 0.3) is 0 Å². The summed E-state index contributed by atoms with van der Waals surface area (Å²) in [6.45, 7) is 0. The van der Waals surface area contributed by atoms with E-state index in [2.05, 4.69) is 9.97 Å². The minimum atomic E-state index is -1.09. The van der Waals surface area contributed by atoms with Crippen molar-refractivity contribution in [2.75, 3.05) is 14.2 Å². The molecule has 0 amide bonds. The molecule has 0 unspecified atom stereocenters. The fourth-order valence-corrected chi connectivity index (χ4v) is 1.48. The fourth-order valence-electron chi connectivity index (χ4n) is 1.48. The molecule has 1 heterocycles. The van der Waals surface area contributed by atoms with Crippen LogP contribution in [0, 0.1) is 0 Å². The van der Waals surface area contributed by atoms with Crippen molar-refractivity contribution < 1.29 is 24.1 Å². The van der Waals surface area contributed by atoms with Crippen LogP contribution in [0.5, 0.6) is 23.5 Å². The molecule has 0 fully saturated rings. The van der Waals surface area contributed by atoms with Gasteiger partial charge < -0.3 is 19.3 Å². The molecule has 1 aromatic carbocycles. The molecule has 2 rings (SSSR count). The van der Waals surface area contributed by atoms with E-state index >= 15 is 0 Å². The Hall–Kier alpha value is -2.83. The first kappa shape index (κ1) is 13.6. The van der Waals surface area contributed by atoms with Crippen molar-refractivity contribution in [3.05, 3.63) is 35.9 Å². The third-order valence-electron chi connectivity index (χ3n) is 2.38. The zero-order valence-electron chi connectivity index (χ0n) is 10.9. The zero-order chi connectivity index (χ0) is 14.5. The van der Waals surface area contributed by atoms with Crippen LogP contribution in [-0.4, -0.2) is 35.3 Å². The number of aromatic nitrogens is 2. The summed E-state index contributed by atoms with van der Waals surface area (Å²) in [4.78, 5) is 19.0. The normalized spacial score (nSPS) is 9.90. The number of ether oxygens (including phenoxy) is 3. The van der Waals surface area contributed by atoms with Gasteiger partial charge >= 0.3 is 12.0 Å². The third-order valence-corrected chi connectivity index (χ3v) is 2.38. The molecule has 0 bridgehead atoms. The van der Waals surface area contributed by atoms with Crippen molar-refractivity contribution in [2.24, 2.45) is 0 Å². The predicted octanol–water partition coefficient (Wildman–Crippen LogP) is 1.98. The molecule has 104 valence electrons. The number of para-hydroxylation sites is 1. The molecule has 0 aliphatic heterocycles. The maximum Gasteiger partial charge on any atom is 0.339 e. The summed E-state index contributed by atoms with van der Waals surface area (Å²) in [5.41, 5.74) is 0.0315. The molecule has 0 saturated heterocycles. The molecule has 0 radical (unpaired) electrons. The molecule has 0 spiro atoms. The average molecular weight is 276 g/mol. The van der Waals surface area contributed by atoms with E-state index in [-0.39, 0.29) is 29.1 Å². The second-order valence-corrected chi connectivity index (χ2v) is 3.64. The minimum absolute atomic E-state index is 0.0315. The first-order chi connectivity index (χ1) is 9.63. The minimum Gasteiger partial charge on any atom is -0.481 e. The molecule has 1 N–H and O–H groups in total. The largest absolute Gasteiger partial charge is 0.481 e. The highest BCUT2D eigenvalue weighted by atomic mass is 16.5. The van der Waals surface area contributed by atoms with E-state index in [9.17, 15) is 4.79 Å². The van der Waals surface area contributed by atoms with Crippen molar-refractivity contribution in [1.29, 1.82) is 0 Å². The Morgan fingerprint density at radius 3 is 2.45 bits per heavy atom. The van der Waals surface area contributed by atoms with Crippen LogP contribution < -0.4 is 14.2 Å². The molecule has 0 aliphatic carbocycles. The van der Waals surface area contributed by atoms with E-state index in [0.717, 1.165) is 0 Å². The van der Waals surface area contributed by atoms with Crippen LogP contribution in [0.4, 0.5) is 0 Å². The highest BCUT2D eigenvalue weighted by Crippen LogP contribution is 2.27. The van der Waals surface area contributed by atoms with E-state index in [4.69, 9.17) is 19.3 Å². The summed E-state index contributed by atoms with van der Waals surface area (Å²) in [6.07, 6.45) is 0. The number of benzene rings is 1. The summed E-state index contributed by atoms with van der Waals surface area (Å²) in [5.74, 6) is -0.543. The van der Waals surface area contributed by atoms with E-state index < -0.39 is 5.97 Å². The Bertz CT molecular complexity index is 608. The smallest absolute Gasteiger partial charge is 0.339 e. The van der Waals surface area contributed by atoms with E-state index in [0.29, 0.717) is 0 Å². The Balaban J connectivity index is 2.37. The maximum absolute atomic E-state index is 11.1. The number of aromatic carboxylic acids is 1. The van der Waals surface area contributed by atoms with Gasteiger partial charge in [-0.1, -0.05) is 12.1 Å². The van der Waals surface area contributed by atoms with Crippen molar-refractivity contribution in [1.82, 2.24) is 9.97 Å². The lowest BCUT2D eigenvalue weighted by Gasteiger charge is -2.09. The molecule has 7 heteroatoms. The molecule has 0 aliphatic rings. The summed E-state index contributed by atoms with van der Waals surface area (Å²) in [5, 5.41) is 9.08. The highest BCUT2D eigenvalue weighted by molar-refractivity contribution is 5.90. The third kappa shape index (κ3) is 2.94. The van der Waals surface area contributed by atoms with Crippen molar-refractivity contribution in [3.8, 4) is 23.5 Å². The summed E-state index contributed by atoms with van der Waals surface area (Å²) in [6, 6.07) is 7.74. The van der Waals surface area contributed by atoms with E-state index in [1.165, 1.54) is 32.4 Å². The average Bonchev–Trinajstić information content (AvgIpc) is 2.47. The van der Waals surface area contributed by atoms with Crippen LogP contribution in [0.3, 0.4) is 0 Å². The van der Waals surface area contributed by atoms with Gasteiger partial charge in [0.25, 0.3) is 0 Å². The van der Waals surface area contributed by atoms with E-state index in [1.807, 2.05) is 0 Å². The Labute approximate surface area is 114 Å². The Kier molecular flexibility index (Phi) is 3.99.